The van der Waals surface area contributed by atoms with Crippen LogP contribution in [-0.4, -0.2) is 0 Å². The maximum Gasteiger partial charge on any atom is 0.146 e. The molecule has 0 spiro atoms. The third-order valence-electron chi connectivity index (χ3n) is 3.01. The summed E-state index contributed by atoms with van der Waals surface area (Å²) in [5.41, 5.74) is 7.70. The number of hydrogen-bond donors (Lipinski definition) is 1. The Bertz CT molecular complexity index is 847. The quantitative estimate of drug-likeness (QED) is 0.639. The molecule has 0 unspecified atom stereocenters. The lowest BCUT2D eigenvalue weighted by Gasteiger charge is -2.06. The van der Waals surface area contributed by atoms with E-state index in [1.807, 2.05) is 17.5 Å². The second-order valence-corrected chi connectivity index (χ2v) is 7.06. The molecule has 1 aromatic carbocycles. The normalized spacial score (nSPS) is 10.5. The first-order chi connectivity index (χ1) is 10.1. The summed E-state index contributed by atoms with van der Waals surface area (Å²) in [6.45, 7) is 0. The van der Waals surface area contributed by atoms with Crippen LogP contribution in [-0.2, 0) is 0 Å². The Morgan fingerprint density at radius 1 is 1.24 bits per heavy atom. The van der Waals surface area contributed by atoms with Crippen LogP contribution in [0.3, 0.4) is 0 Å². The van der Waals surface area contributed by atoms with Gasteiger partial charge in [0, 0.05) is 20.9 Å². The summed E-state index contributed by atoms with van der Waals surface area (Å²) in [7, 11) is 0. The van der Waals surface area contributed by atoms with Crippen LogP contribution in [0, 0.1) is 17.1 Å². The van der Waals surface area contributed by atoms with E-state index in [1.165, 1.54) is 22.7 Å². The minimum absolute atomic E-state index is 0.346. The molecule has 3 aromatic rings. The molecule has 0 aliphatic heterocycles. The number of halogens is 2. The van der Waals surface area contributed by atoms with Gasteiger partial charge in [-0.15, -0.1) is 22.7 Å². The Morgan fingerprint density at radius 3 is 2.71 bits per heavy atom. The van der Waals surface area contributed by atoms with Crippen molar-refractivity contribution in [2.45, 2.75) is 0 Å². The fourth-order valence-electron chi connectivity index (χ4n) is 2.06. The van der Waals surface area contributed by atoms with Crippen molar-refractivity contribution >= 4 is 44.3 Å². The average Bonchev–Trinajstić information content (AvgIpc) is 3.09. The molecule has 2 nitrogen and oxygen atoms in total. The van der Waals surface area contributed by atoms with E-state index in [0.717, 1.165) is 10.4 Å². The first kappa shape index (κ1) is 14.3. The van der Waals surface area contributed by atoms with Crippen LogP contribution < -0.4 is 5.73 Å². The molecular weight excluding hydrogens is 371 g/mol. The summed E-state index contributed by atoms with van der Waals surface area (Å²) in [6, 6.07) is 11.0. The van der Waals surface area contributed by atoms with Gasteiger partial charge in [-0.2, -0.15) is 5.26 Å². The second kappa shape index (κ2) is 5.60. The van der Waals surface area contributed by atoms with E-state index in [-0.39, 0.29) is 5.82 Å². The van der Waals surface area contributed by atoms with Gasteiger partial charge in [-0.25, -0.2) is 4.39 Å². The van der Waals surface area contributed by atoms with Gasteiger partial charge in [0.05, 0.1) is 10.2 Å². The van der Waals surface area contributed by atoms with Gasteiger partial charge in [0.25, 0.3) is 0 Å². The summed E-state index contributed by atoms with van der Waals surface area (Å²) >= 11 is 5.93. The Hall–Kier alpha value is -1.68. The number of rotatable bonds is 2. The van der Waals surface area contributed by atoms with E-state index in [9.17, 15) is 9.65 Å². The van der Waals surface area contributed by atoms with Crippen molar-refractivity contribution in [3.05, 3.63) is 50.9 Å². The van der Waals surface area contributed by atoms with Crippen molar-refractivity contribution in [2.75, 3.05) is 5.73 Å². The van der Waals surface area contributed by atoms with Crippen LogP contribution in [0.5, 0.6) is 0 Å². The fourth-order valence-corrected chi connectivity index (χ4v) is 4.33. The van der Waals surface area contributed by atoms with Gasteiger partial charge >= 0.3 is 0 Å². The molecule has 0 amide bonds. The molecule has 0 radical (unpaired) electrons. The summed E-state index contributed by atoms with van der Waals surface area (Å²) in [5.74, 6) is -0.346. The molecule has 2 N–H and O–H groups in total. The molecule has 3 rings (SSSR count). The lowest BCUT2D eigenvalue weighted by atomic mass is 10.1. The number of nitrogens with two attached hydrogens (primary N) is 1. The maximum absolute atomic E-state index is 14.4. The Morgan fingerprint density at radius 2 is 2.05 bits per heavy atom. The van der Waals surface area contributed by atoms with Crippen LogP contribution in [0.2, 0.25) is 0 Å². The van der Waals surface area contributed by atoms with Gasteiger partial charge in [-0.3, -0.25) is 0 Å². The predicted octanol–water partition coefficient (Wildman–Crippen LogP) is 5.50. The first-order valence-corrected chi connectivity index (χ1v) is 8.43. The standard InChI is InChI=1S/C15H8BrFN2S2/c16-9-4-1-3-8(13(9)17)15-12(10-5-2-6-20-10)14(19)11(7-18)21-15/h1-6H,19H2. The van der Waals surface area contributed by atoms with E-state index in [2.05, 4.69) is 22.0 Å². The molecule has 0 fully saturated rings. The molecule has 0 atom stereocenters. The van der Waals surface area contributed by atoms with E-state index >= 15 is 0 Å². The van der Waals surface area contributed by atoms with Gasteiger partial charge in [-0.05, 0) is 33.4 Å². The highest BCUT2D eigenvalue weighted by atomic mass is 79.9. The zero-order valence-corrected chi connectivity index (χ0v) is 13.8. The molecule has 21 heavy (non-hydrogen) atoms. The largest absolute Gasteiger partial charge is 0.396 e. The minimum Gasteiger partial charge on any atom is -0.396 e. The Kier molecular flexibility index (Phi) is 3.81. The summed E-state index contributed by atoms with van der Waals surface area (Å²) < 4.78 is 14.8. The summed E-state index contributed by atoms with van der Waals surface area (Å²) in [5, 5.41) is 11.1. The molecule has 0 bridgehead atoms. The van der Waals surface area contributed by atoms with Gasteiger partial charge < -0.3 is 5.73 Å². The highest BCUT2D eigenvalue weighted by Crippen LogP contribution is 2.47. The van der Waals surface area contributed by atoms with E-state index < -0.39 is 0 Å². The third kappa shape index (κ3) is 2.38. The molecule has 104 valence electrons. The second-order valence-electron chi connectivity index (χ2n) is 4.24. The lowest BCUT2D eigenvalue weighted by Crippen LogP contribution is -1.89. The number of nitrogen functional groups attached to an aromatic ring is 1. The van der Waals surface area contributed by atoms with Gasteiger partial charge in [0.15, 0.2) is 0 Å². The van der Waals surface area contributed by atoms with E-state index in [0.29, 0.717) is 25.5 Å². The van der Waals surface area contributed by atoms with Crippen molar-refractivity contribution in [1.29, 1.82) is 5.26 Å². The van der Waals surface area contributed by atoms with Crippen molar-refractivity contribution < 1.29 is 4.39 Å². The minimum atomic E-state index is -0.346. The molecule has 0 aliphatic rings. The molecule has 2 aromatic heterocycles. The number of nitriles is 1. The molecule has 0 saturated heterocycles. The Labute approximate surface area is 137 Å². The summed E-state index contributed by atoms with van der Waals surface area (Å²) in [4.78, 5) is 2.03. The fraction of sp³-hybridized carbons (Fsp3) is 0. The van der Waals surface area contributed by atoms with Crippen LogP contribution >= 0.6 is 38.6 Å². The lowest BCUT2D eigenvalue weighted by molar-refractivity contribution is 0.625. The van der Waals surface area contributed by atoms with Gasteiger partial charge in [-0.1, -0.05) is 18.2 Å². The SMILES string of the molecule is N#Cc1sc(-c2cccc(Br)c2F)c(-c2cccs2)c1N. The highest BCUT2D eigenvalue weighted by molar-refractivity contribution is 9.10. The van der Waals surface area contributed by atoms with Crippen molar-refractivity contribution in [3.63, 3.8) is 0 Å². The number of hydrogen-bond acceptors (Lipinski definition) is 4. The van der Waals surface area contributed by atoms with E-state index in [4.69, 9.17) is 5.73 Å². The molecular formula is C15H8BrFN2S2. The van der Waals surface area contributed by atoms with Gasteiger partial charge in [0.1, 0.15) is 16.8 Å². The number of nitrogens with zero attached hydrogens (tertiary/aromatic N) is 1. The number of thiophene rings is 2. The third-order valence-corrected chi connectivity index (χ3v) is 5.65. The Balaban J connectivity index is 2.33. The predicted molar refractivity (Wildman–Crippen MR) is 89.9 cm³/mol. The molecule has 0 saturated carbocycles. The summed E-state index contributed by atoms with van der Waals surface area (Å²) in [6.07, 6.45) is 0. The zero-order chi connectivity index (χ0) is 15.0. The van der Waals surface area contributed by atoms with Crippen LogP contribution in [0.15, 0.2) is 40.2 Å². The molecule has 6 heteroatoms. The van der Waals surface area contributed by atoms with Crippen LogP contribution in [0.4, 0.5) is 10.1 Å². The number of benzene rings is 1. The average molecular weight is 379 g/mol. The molecule has 2 heterocycles. The zero-order valence-electron chi connectivity index (χ0n) is 10.6. The maximum atomic E-state index is 14.4. The van der Waals surface area contributed by atoms with Crippen LogP contribution in [0.1, 0.15) is 4.88 Å². The van der Waals surface area contributed by atoms with Crippen molar-refractivity contribution in [3.8, 4) is 27.0 Å². The van der Waals surface area contributed by atoms with Crippen molar-refractivity contribution in [2.24, 2.45) is 0 Å². The van der Waals surface area contributed by atoms with Gasteiger partial charge in [0.2, 0.25) is 0 Å². The monoisotopic (exact) mass is 378 g/mol. The van der Waals surface area contributed by atoms with Crippen molar-refractivity contribution in [1.82, 2.24) is 0 Å². The number of anilines is 1. The first-order valence-electron chi connectivity index (χ1n) is 5.94. The molecule has 0 aliphatic carbocycles. The smallest absolute Gasteiger partial charge is 0.146 e. The van der Waals surface area contributed by atoms with E-state index in [1.54, 1.807) is 18.2 Å². The van der Waals surface area contributed by atoms with Crippen LogP contribution in [0.25, 0.3) is 20.9 Å². The highest BCUT2D eigenvalue weighted by Gasteiger charge is 2.22. The topological polar surface area (TPSA) is 49.8 Å².